The number of benzene rings is 1. The lowest BCUT2D eigenvalue weighted by Crippen LogP contribution is -2.62. The number of nitrogens with one attached hydrogen (secondary N) is 3. The minimum absolute atomic E-state index is 0.104. The molecule has 3 heterocycles. The van der Waals surface area contributed by atoms with Crippen LogP contribution in [0.25, 0.3) is 0 Å². The van der Waals surface area contributed by atoms with Crippen molar-refractivity contribution >= 4 is 59.1 Å². The monoisotopic (exact) mass is 1110 g/mol. The van der Waals surface area contributed by atoms with Crippen molar-refractivity contribution in [3.05, 3.63) is 42.0 Å². The van der Waals surface area contributed by atoms with E-state index in [4.69, 9.17) is 14.2 Å². The number of hydrogen-bond acceptors (Lipinski definition) is 14. The molecule has 3 saturated heterocycles. The molecule has 0 radical (unpaired) electrons. The fraction of sp³-hybridized carbons (Fsp3) is 0.690. The van der Waals surface area contributed by atoms with Gasteiger partial charge in [-0.05, 0) is 101 Å². The summed E-state index contributed by atoms with van der Waals surface area (Å²) in [4.78, 5) is 149. The first-order valence-corrected chi connectivity index (χ1v) is 28.0. The molecule has 0 aromatic heterocycles. The number of likely N-dealkylation sites (tertiary alicyclic amines) is 1. The number of methoxy groups -OCH3 is 1. The van der Waals surface area contributed by atoms with E-state index in [1.165, 1.54) is 54.7 Å². The molecule has 0 bridgehead atoms. The van der Waals surface area contributed by atoms with Crippen molar-refractivity contribution in [2.24, 2.45) is 29.6 Å². The van der Waals surface area contributed by atoms with Crippen LogP contribution in [0.2, 0.25) is 0 Å². The Kier molecular flexibility index (Phi) is 24.1. The summed E-state index contributed by atoms with van der Waals surface area (Å²) >= 11 is 0. The normalized spacial score (nSPS) is 27.2. The molecule has 3 fully saturated rings. The van der Waals surface area contributed by atoms with Crippen LogP contribution in [0.15, 0.2) is 36.4 Å². The van der Waals surface area contributed by atoms with Crippen LogP contribution in [-0.2, 0) is 63.8 Å². The van der Waals surface area contributed by atoms with Crippen molar-refractivity contribution in [1.29, 1.82) is 0 Å². The highest BCUT2D eigenvalue weighted by Crippen LogP contribution is 2.27. The maximum Gasteiger partial charge on any atom is 0.329 e. The third-order valence-electron chi connectivity index (χ3n) is 15.5. The predicted octanol–water partition coefficient (Wildman–Crippen LogP) is 3.51. The van der Waals surface area contributed by atoms with Gasteiger partial charge in [0.1, 0.15) is 48.1 Å². The highest BCUT2D eigenvalue weighted by atomic mass is 16.6. The number of aliphatic hydroxyl groups is 1. The van der Waals surface area contributed by atoms with Crippen LogP contribution in [0.4, 0.5) is 0 Å². The molecule has 0 aliphatic carbocycles. The molecular weight excluding hydrogens is 1020 g/mol. The number of esters is 2. The zero-order valence-corrected chi connectivity index (χ0v) is 49.0. The van der Waals surface area contributed by atoms with Crippen LogP contribution >= 0.6 is 0 Å². The number of likely N-dealkylation sites (N-methyl/N-ethyl adjacent to an activating group) is 2. The first kappa shape index (κ1) is 65.1. The summed E-state index contributed by atoms with van der Waals surface area (Å²) in [7, 11) is 4.35. The smallest absolute Gasteiger partial charge is 0.329 e. The number of ether oxygens (including phenoxy) is 3. The predicted molar refractivity (Wildman–Crippen MR) is 293 cm³/mol. The van der Waals surface area contributed by atoms with Crippen molar-refractivity contribution in [2.45, 2.75) is 195 Å². The zero-order chi connectivity index (χ0) is 59.3. The van der Waals surface area contributed by atoms with Crippen molar-refractivity contribution in [1.82, 2.24) is 35.6 Å². The quantitative estimate of drug-likeness (QED) is 0.111. The highest BCUT2D eigenvalue weighted by Gasteiger charge is 2.46. The number of hydrogen-bond donors (Lipinski definition) is 4. The molecule has 1 aromatic rings. The van der Waals surface area contributed by atoms with Crippen molar-refractivity contribution in [3.63, 3.8) is 0 Å². The number of carbonyl (C=O) groups excluding carboxylic acids is 10. The molecule has 12 atom stereocenters. The number of amides is 7. The molecule has 4 rings (SSSR count). The molecule has 0 spiro atoms. The van der Waals surface area contributed by atoms with Gasteiger partial charge >= 0.3 is 11.9 Å². The van der Waals surface area contributed by atoms with Gasteiger partial charge in [0.05, 0.1) is 31.6 Å². The summed E-state index contributed by atoms with van der Waals surface area (Å²) in [5, 5.41) is 20.2. The van der Waals surface area contributed by atoms with Gasteiger partial charge in [-0.3, -0.25) is 43.2 Å². The topological polar surface area (TPSA) is 268 Å². The third-order valence-corrected chi connectivity index (χ3v) is 15.5. The number of ketones is 1. The molecule has 3 aliphatic heterocycles. The first-order valence-electron chi connectivity index (χ1n) is 28.0. The van der Waals surface area contributed by atoms with Crippen molar-refractivity contribution < 1.29 is 67.3 Å². The van der Waals surface area contributed by atoms with Crippen LogP contribution in [0.1, 0.15) is 133 Å². The van der Waals surface area contributed by atoms with Crippen LogP contribution in [0.3, 0.4) is 0 Å². The molecule has 3 aliphatic rings. The van der Waals surface area contributed by atoms with Crippen LogP contribution in [0, 0.1) is 29.6 Å². The lowest BCUT2D eigenvalue weighted by molar-refractivity contribution is -0.163. The molecule has 21 heteroatoms. The number of cyclic esters (lactones) is 2. The van der Waals surface area contributed by atoms with E-state index in [0.717, 1.165) is 0 Å². The second kappa shape index (κ2) is 29.2. The van der Waals surface area contributed by atoms with Crippen molar-refractivity contribution in [3.8, 4) is 5.75 Å². The van der Waals surface area contributed by atoms with Crippen LogP contribution < -0.4 is 20.7 Å². The number of fused-ring (bicyclic) bond motifs is 1. The van der Waals surface area contributed by atoms with Gasteiger partial charge in [-0.2, -0.15) is 0 Å². The van der Waals surface area contributed by atoms with E-state index >= 15 is 4.79 Å². The molecule has 0 saturated carbocycles. The summed E-state index contributed by atoms with van der Waals surface area (Å²) in [5.74, 6) is -9.78. The lowest BCUT2D eigenvalue weighted by Gasteiger charge is -2.36. The summed E-state index contributed by atoms with van der Waals surface area (Å²) in [6.07, 6.45) is -3.36. The molecule has 7 amide bonds. The second-order valence-corrected chi connectivity index (χ2v) is 23.0. The minimum Gasteiger partial charge on any atom is -0.497 e. The first-order chi connectivity index (χ1) is 37.0. The largest absolute Gasteiger partial charge is 0.497 e. The number of Topliss-reactive ketones (excluding diaryl/α,β-unsaturated/α-hetero) is 1. The van der Waals surface area contributed by atoms with E-state index in [9.17, 15) is 48.3 Å². The zero-order valence-electron chi connectivity index (χ0n) is 49.0. The van der Waals surface area contributed by atoms with Gasteiger partial charge in [-0.15, -0.1) is 0 Å². The maximum absolute atomic E-state index is 15.0. The van der Waals surface area contributed by atoms with Crippen molar-refractivity contribution in [2.75, 3.05) is 34.3 Å². The molecular formula is C58H89N7O14. The Morgan fingerprint density at radius 2 is 1.52 bits per heavy atom. The van der Waals surface area contributed by atoms with E-state index in [1.807, 2.05) is 27.7 Å². The van der Waals surface area contributed by atoms with Gasteiger partial charge < -0.3 is 54.9 Å². The van der Waals surface area contributed by atoms with Gasteiger partial charge in [0.2, 0.25) is 41.4 Å². The number of nitrogens with zero attached hydrogens (tertiary/aromatic N) is 4. The van der Waals surface area contributed by atoms with Gasteiger partial charge in [-0.1, -0.05) is 80.5 Å². The number of carbonyl (C=O) groups is 10. The lowest BCUT2D eigenvalue weighted by atomic mass is 9.91. The van der Waals surface area contributed by atoms with Gasteiger partial charge in [0.15, 0.2) is 11.9 Å². The number of aliphatic hydroxyl groups excluding tert-OH is 1. The Morgan fingerprint density at radius 1 is 0.886 bits per heavy atom. The Hall–Kier alpha value is -6.38. The maximum atomic E-state index is 15.0. The molecule has 21 nitrogen and oxygen atoms in total. The summed E-state index contributed by atoms with van der Waals surface area (Å²) < 4.78 is 17.3. The second-order valence-electron chi connectivity index (χ2n) is 23.0. The summed E-state index contributed by atoms with van der Waals surface area (Å²) in [6.45, 7) is 22.6. The SMILES string of the molecule is C=C(C)C(=O)N1CCCC1C(=O)N(C)[C@H](CC(C)C)C(=O)N[C@@H]1C(=O)N[C@H]([C@@H](C)CC)[C@@H](O)CC(=O)O[C@@H](C(C)C)C(=O)[C@H](C)C(=O)N[C@@H](CC(C)C)C(=O)N2CCC[C@H]2C(=O)N(C)[C@@H](Cc2ccc(OC)cc2)C(=O)O[C@@H]1C. The Balaban J connectivity index is 1.89. The van der Waals surface area contributed by atoms with Crippen LogP contribution in [0.5, 0.6) is 5.75 Å². The van der Waals surface area contributed by atoms with Gasteiger partial charge in [0, 0.05) is 39.2 Å². The van der Waals surface area contributed by atoms with E-state index in [1.54, 1.807) is 58.9 Å². The van der Waals surface area contributed by atoms with E-state index in [-0.39, 0.29) is 49.6 Å². The average molecular weight is 1110 g/mol. The molecule has 440 valence electrons. The standard InChI is InChI=1S/C58H89N7O14/c1-16-35(10)47-45(66)30-46(67)79-50(33(6)7)49(68)36(11)51(69)59-40(27-31(2)3)55(73)65-26-18-20-42(65)57(75)63(14)44(29-38-21-23-39(77-15)24-22-38)58(76)78-37(12)48(53(71)60-47)61-52(70)43(28-32(4)5)62(13)56(74)41-19-17-25-64(41)54(72)34(8)9/h21-24,31-33,35-37,40-45,47-48,50,66H,8,16-20,25-30H2,1-7,9-15H3,(H,59,69)(H,60,71)(H,61,70)/t35-,36-,37+,40-,41?,42-,43+,44-,45-,47+,48-,50-/m0/s1. The van der Waals surface area contributed by atoms with E-state index < -0.39 is 144 Å². The highest BCUT2D eigenvalue weighted by molar-refractivity contribution is 6.05. The van der Waals surface area contributed by atoms with E-state index in [0.29, 0.717) is 43.5 Å². The molecule has 79 heavy (non-hydrogen) atoms. The Morgan fingerprint density at radius 3 is 2.09 bits per heavy atom. The molecule has 1 aromatic carbocycles. The van der Waals surface area contributed by atoms with E-state index in [2.05, 4.69) is 22.5 Å². The Bertz CT molecular complexity index is 2380. The van der Waals surface area contributed by atoms with Gasteiger partial charge in [-0.25, -0.2) is 4.79 Å². The number of rotatable bonds is 15. The minimum atomic E-state index is -1.74. The summed E-state index contributed by atoms with van der Waals surface area (Å²) in [6, 6.07) is -1.96. The summed E-state index contributed by atoms with van der Waals surface area (Å²) in [5.41, 5.74) is 0.827. The molecule has 4 N–H and O–H groups in total. The molecule has 1 unspecified atom stereocenters. The third kappa shape index (κ3) is 16.8. The van der Waals surface area contributed by atoms with Gasteiger partial charge in [0.25, 0.3) is 0 Å². The van der Waals surface area contributed by atoms with Crippen LogP contribution in [-0.4, -0.2) is 179 Å². The fourth-order valence-corrected chi connectivity index (χ4v) is 10.5. The fourth-order valence-electron chi connectivity index (χ4n) is 10.5. The Labute approximate surface area is 466 Å². The average Bonchev–Trinajstić information content (AvgIpc) is 4.12.